The number of nitrogens with one attached hydrogen (secondary N) is 1. The van der Waals surface area contributed by atoms with Crippen LogP contribution in [0.2, 0.25) is 0 Å². The number of nitriles is 1. The molecule has 5 rings (SSSR count). The standard InChI is InChI=1S/C28H23N7O3/c1-18-12-22(17-30-25(18)34-9-3-2-4-10-34)31-27(36)21-14-19(13-20(15-21)16-29)7-8-24-32-33-26-23(28(37)38)6-5-11-35(24)26/h5-6,11-15,17H,2-4,9-10H2,1H3,(H,31,36)(H,37,38). The third-order valence-electron chi connectivity index (χ3n) is 6.27. The van der Waals surface area contributed by atoms with Crippen LogP contribution in [0.25, 0.3) is 5.65 Å². The number of aromatic carboxylic acids is 1. The van der Waals surface area contributed by atoms with Gasteiger partial charge in [0.05, 0.1) is 23.5 Å². The molecule has 188 valence electrons. The lowest BCUT2D eigenvalue weighted by molar-refractivity contribution is 0.0698. The SMILES string of the molecule is Cc1cc(NC(=O)c2cc(C#N)cc(C#Cc3nnc4c(C(=O)O)cccn34)c2)cnc1N1CCCCC1. The summed E-state index contributed by atoms with van der Waals surface area (Å²) in [6.45, 7) is 3.94. The molecule has 10 heteroatoms. The molecule has 1 aliphatic heterocycles. The van der Waals surface area contributed by atoms with Crippen molar-refractivity contribution in [3.8, 4) is 17.9 Å². The van der Waals surface area contributed by atoms with Crippen LogP contribution < -0.4 is 10.2 Å². The summed E-state index contributed by atoms with van der Waals surface area (Å²) in [5.74, 6) is 5.41. The minimum absolute atomic E-state index is 0.00664. The average Bonchev–Trinajstić information content (AvgIpc) is 3.35. The van der Waals surface area contributed by atoms with Gasteiger partial charge < -0.3 is 15.3 Å². The number of carbonyl (C=O) groups excluding carboxylic acids is 1. The van der Waals surface area contributed by atoms with E-state index in [1.54, 1.807) is 30.6 Å². The molecule has 4 heterocycles. The predicted octanol–water partition coefficient (Wildman–Crippen LogP) is 3.65. The zero-order chi connectivity index (χ0) is 26.6. The Hall–Kier alpha value is -5.22. The number of amides is 1. The second kappa shape index (κ2) is 10.4. The molecule has 0 aliphatic carbocycles. The lowest BCUT2D eigenvalue weighted by Crippen LogP contribution is -2.30. The number of carboxylic acids is 1. The first-order valence-corrected chi connectivity index (χ1v) is 12.1. The number of aromatic nitrogens is 4. The molecule has 10 nitrogen and oxygen atoms in total. The minimum atomic E-state index is -1.12. The fourth-order valence-electron chi connectivity index (χ4n) is 4.47. The molecule has 3 aromatic heterocycles. The summed E-state index contributed by atoms with van der Waals surface area (Å²) in [7, 11) is 0. The van der Waals surface area contributed by atoms with Crippen LogP contribution in [0.1, 0.15) is 62.5 Å². The fourth-order valence-corrected chi connectivity index (χ4v) is 4.47. The van der Waals surface area contributed by atoms with Crippen LogP contribution in [0.5, 0.6) is 0 Å². The number of nitrogens with zero attached hydrogens (tertiary/aromatic N) is 6. The highest BCUT2D eigenvalue weighted by molar-refractivity contribution is 6.04. The summed E-state index contributed by atoms with van der Waals surface area (Å²) in [5, 5.41) is 29.6. The third-order valence-corrected chi connectivity index (χ3v) is 6.27. The Balaban J connectivity index is 1.39. The van der Waals surface area contributed by atoms with Gasteiger partial charge in [0.15, 0.2) is 5.65 Å². The minimum Gasteiger partial charge on any atom is -0.478 e. The summed E-state index contributed by atoms with van der Waals surface area (Å²) in [6.07, 6.45) is 6.79. The van der Waals surface area contributed by atoms with Gasteiger partial charge in [-0.2, -0.15) is 5.26 Å². The van der Waals surface area contributed by atoms with Crippen molar-refractivity contribution < 1.29 is 14.7 Å². The second-order valence-corrected chi connectivity index (χ2v) is 8.97. The van der Waals surface area contributed by atoms with Crippen molar-refractivity contribution in [3.63, 3.8) is 0 Å². The monoisotopic (exact) mass is 505 g/mol. The summed E-state index contributed by atoms with van der Waals surface area (Å²) in [5.41, 5.74) is 2.69. The van der Waals surface area contributed by atoms with E-state index in [0.29, 0.717) is 11.3 Å². The van der Waals surface area contributed by atoms with Gasteiger partial charge in [0.1, 0.15) is 11.4 Å². The molecular weight excluding hydrogens is 482 g/mol. The number of benzene rings is 1. The Morgan fingerprint density at radius 1 is 1.05 bits per heavy atom. The van der Waals surface area contributed by atoms with Crippen LogP contribution in [0, 0.1) is 30.1 Å². The number of hydrogen-bond acceptors (Lipinski definition) is 7. The highest BCUT2D eigenvalue weighted by atomic mass is 16.4. The Labute approximate surface area is 218 Å². The molecule has 1 aliphatic rings. The molecule has 1 amide bonds. The molecule has 0 spiro atoms. The van der Waals surface area contributed by atoms with Crippen molar-refractivity contribution in [2.24, 2.45) is 0 Å². The number of carbonyl (C=O) groups is 2. The first kappa shape index (κ1) is 24.5. The van der Waals surface area contributed by atoms with E-state index in [9.17, 15) is 20.0 Å². The van der Waals surface area contributed by atoms with Crippen molar-refractivity contribution in [2.45, 2.75) is 26.2 Å². The van der Waals surface area contributed by atoms with E-state index in [4.69, 9.17) is 0 Å². The topological polar surface area (TPSA) is 137 Å². The maximum absolute atomic E-state index is 13.1. The van der Waals surface area contributed by atoms with E-state index in [1.807, 2.05) is 13.0 Å². The van der Waals surface area contributed by atoms with E-state index >= 15 is 0 Å². The van der Waals surface area contributed by atoms with Gasteiger partial charge in [-0.25, -0.2) is 9.78 Å². The van der Waals surface area contributed by atoms with Crippen molar-refractivity contribution in [1.29, 1.82) is 5.26 Å². The van der Waals surface area contributed by atoms with Crippen LogP contribution in [-0.2, 0) is 0 Å². The Bertz CT molecular complexity index is 1670. The summed E-state index contributed by atoms with van der Waals surface area (Å²) in [4.78, 5) is 31.3. The molecule has 38 heavy (non-hydrogen) atoms. The highest BCUT2D eigenvalue weighted by Crippen LogP contribution is 2.24. The number of hydrogen-bond donors (Lipinski definition) is 2. The van der Waals surface area contributed by atoms with Crippen LogP contribution in [0.4, 0.5) is 11.5 Å². The first-order chi connectivity index (χ1) is 18.4. The van der Waals surface area contributed by atoms with Crippen molar-refractivity contribution in [1.82, 2.24) is 19.6 Å². The Morgan fingerprint density at radius 3 is 2.58 bits per heavy atom. The lowest BCUT2D eigenvalue weighted by atomic mass is 10.1. The molecule has 0 unspecified atom stereocenters. The number of carboxylic acid groups (broad SMARTS) is 1. The molecule has 0 saturated carbocycles. The molecule has 0 atom stereocenters. The summed E-state index contributed by atoms with van der Waals surface area (Å²) in [6, 6.07) is 11.6. The van der Waals surface area contributed by atoms with Gasteiger partial charge in [-0.3, -0.25) is 9.20 Å². The van der Waals surface area contributed by atoms with Gasteiger partial charge >= 0.3 is 5.97 Å². The largest absolute Gasteiger partial charge is 0.478 e. The number of anilines is 2. The van der Waals surface area contributed by atoms with Crippen LogP contribution in [0.15, 0.2) is 48.8 Å². The first-order valence-electron chi connectivity index (χ1n) is 12.1. The summed E-state index contributed by atoms with van der Waals surface area (Å²) >= 11 is 0. The van der Waals surface area contributed by atoms with Crippen LogP contribution >= 0.6 is 0 Å². The fraction of sp³-hybridized carbons (Fsp3) is 0.214. The van der Waals surface area contributed by atoms with E-state index in [-0.39, 0.29) is 28.2 Å². The number of fused-ring (bicyclic) bond motifs is 1. The van der Waals surface area contributed by atoms with Gasteiger partial charge in [0, 0.05) is 30.4 Å². The van der Waals surface area contributed by atoms with Crippen molar-refractivity contribution in [2.75, 3.05) is 23.3 Å². The molecule has 0 radical (unpaired) electrons. The number of rotatable bonds is 4. The molecule has 2 N–H and O–H groups in total. The van der Waals surface area contributed by atoms with E-state index in [2.05, 4.69) is 43.3 Å². The van der Waals surface area contributed by atoms with Crippen LogP contribution in [0.3, 0.4) is 0 Å². The smallest absolute Gasteiger partial charge is 0.339 e. The maximum Gasteiger partial charge on any atom is 0.339 e. The number of aryl methyl sites for hydroxylation is 1. The highest BCUT2D eigenvalue weighted by Gasteiger charge is 2.16. The molecule has 1 saturated heterocycles. The van der Waals surface area contributed by atoms with Crippen LogP contribution in [-0.4, -0.2) is 49.7 Å². The zero-order valence-electron chi connectivity index (χ0n) is 20.6. The normalized spacial score (nSPS) is 12.9. The predicted molar refractivity (Wildman–Crippen MR) is 140 cm³/mol. The van der Waals surface area contributed by atoms with E-state index in [0.717, 1.165) is 37.3 Å². The zero-order valence-corrected chi connectivity index (χ0v) is 20.6. The van der Waals surface area contributed by atoms with Gasteiger partial charge in [-0.15, -0.1) is 10.2 Å². The quantitative estimate of drug-likeness (QED) is 0.401. The van der Waals surface area contributed by atoms with E-state index < -0.39 is 11.9 Å². The van der Waals surface area contributed by atoms with Gasteiger partial charge in [0.2, 0.25) is 5.82 Å². The molecular formula is C28H23N7O3. The molecule has 1 fully saturated rings. The third kappa shape index (κ3) is 5.01. The average molecular weight is 506 g/mol. The molecule has 1 aromatic carbocycles. The number of pyridine rings is 2. The maximum atomic E-state index is 13.1. The Kier molecular flexibility index (Phi) is 6.70. The summed E-state index contributed by atoms with van der Waals surface area (Å²) < 4.78 is 1.47. The molecule has 0 bridgehead atoms. The van der Waals surface area contributed by atoms with E-state index in [1.165, 1.54) is 23.0 Å². The number of piperidine rings is 1. The van der Waals surface area contributed by atoms with Gasteiger partial charge in [0.25, 0.3) is 5.91 Å². The molecule has 4 aromatic rings. The van der Waals surface area contributed by atoms with Crippen molar-refractivity contribution >= 4 is 29.0 Å². The lowest BCUT2D eigenvalue weighted by Gasteiger charge is -2.29. The Morgan fingerprint density at radius 2 is 1.84 bits per heavy atom. The van der Waals surface area contributed by atoms with Crippen molar-refractivity contribution in [3.05, 3.63) is 82.4 Å². The van der Waals surface area contributed by atoms with Gasteiger partial charge in [-0.05, 0) is 74.1 Å². The van der Waals surface area contributed by atoms with Gasteiger partial charge in [-0.1, -0.05) is 5.92 Å². The second-order valence-electron chi connectivity index (χ2n) is 8.97.